The van der Waals surface area contributed by atoms with Crippen molar-refractivity contribution in [3.63, 3.8) is 0 Å². The second kappa shape index (κ2) is 19.1. The first kappa shape index (κ1) is 24.8. The fraction of sp³-hybridized carbons (Fsp3) is 1.00. The van der Waals surface area contributed by atoms with Crippen molar-refractivity contribution in [3.05, 3.63) is 0 Å². The van der Waals surface area contributed by atoms with Crippen LogP contribution in [0.5, 0.6) is 0 Å². The molecule has 0 radical (unpaired) electrons. The highest BCUT2D eigenvalue weighted by Crippen LogP contribution is 2.19. The lowest BCUT2D eigenvalue weighted by atomic mass is 10.1. The van der Waals surface area contributed by atoms with E-state index in [-0.39, 0.29) is 12.7 Å². The van der Waals surface area contributed by atoms with Crippen LogP contribution in [0.2, 0.25) is 0 Å². The summed E-state index contributed by atoms with van der Waals surface area (Å²) in [5.41, 5.74) is 0. The summed E-state index contributed by atoms with van der Waals surface area (Å²) in [5.74, 6) is 0. The van der Waals surface area contributed by atoms with Crippen molar-refractivity contribution in [3.8, 4) is 0 Å². The highest BCUT2D eigenvalue weighted by Gasteiger charge is 2.24. The van der Waals surface area contributed by atoms with Gasteiger partial charge in [0.05, 0.1) is 38.6 Å². The molecule has 0 aliphatic carbocycles. The second-order valence-electron chi connectivity index (χ2n) is 7.75. The van der Waals surface area contributed by atoms with Gasteiger partial charge >= 0.3 is 0 Å². The molecule has 27 heavy (non-hydrogen) atoms. The van der Waals surface area contributed by atoms with Crippen LogP contribution in [-0.4, -0.2) is 63.4 Å². The van der Waals surface area contributed by atoms with Crippen molar-refractivity contribution < 1.29 is 19.3 Å². The van der Waals surface area contributed by atoms with E-state index in [0.29, 0.717) is 19.3 Å². The van der Waals surface area contributed by atoms with Gasteiger partial charge in [-0.1, -0.05) is 64.7 Å². The van der Waals surface area contributed by atoms with E-state index in [0.717, 1.165) is 39.1 Å². The van der Waals surface area contributed by atoms with Gasteiger partial charge in [-0.2, -0.15) is 0 Å². The third-order valence-corrected chi connectivity index (χ3v) is 5.17. The molecule has 162 valence electrons. The van der Waals surface area contributed by atoms with Crippen molar-refractivity contribution in [2.45, 2.75) is 96.2 Å². The van der Waals surface area contributed by atoms with Crippen LogP contribution in [0.4, 0.5) is 0 Å². The molecule has 1 rings (SSSR count). The number of aliphatic hydroxyl groups excluding tert-OH is 1. The highest BCUT2D eigenvalue weighted by atomic mass is 16.5. The van der Waals surface area contributed by atoms with Gasteiger partial charge in [0.1, 0.15) is 0 Å². The maximum Gasteiger partial charge on any atom is 0.0813 e. The largest absolute Gasteiger partial charge is 0.394 e. The van der Waals surface area contributed by atoms with Crippen LogP contribution >= 0.6 is 0 Å². The van der Waals surface area contributed by atoms with Gasteiger partial charge in [0, 0.05) is 19.7 Å². The lowest BCUT2D eigenvalue weighted by molar-refractivity contribution is -0.0154. The minimum absolute atomic E-state index is 0.0898. The molecule has 1 aliphatic heterocycles. The summed E-state index contributed by atoms with van der Waals surface area (Å²) < 4.78 is 17.1. The number of rotatable bonds is 20. The molecule has 0 saturated carbocycles. The number of aliphatic hydroxyl groups is 1. The normalized spacial score (nSPS) is 19.8. The van der Waals surface area contributed by atoms with E-state index in [1.54, 1.807) is 0 Å². The van der Waals surface area contributed by atoms with Crippen molar-refractivity contribution >= 4 is 0 Å². The Balaban J connectivity index is 1.79. The van der Waals surface area contributed by atoms with Crippen LogP contribution in [-0.2, 0) is 14.2 Å². The van der Waals surface area contributed by atoms with Gasteiger partial charge in [0.2, 0.25) is 0 Å². The first-order chi connectivity index (χ1) is 13.4. The van der Waals surface area contributed by atoms with E-state index in [1.807, 2.05) is 0 Å². The predicted octanol–water partition coefficient (Wildman–Crippen LogP) is 4.07. The van der Waals surface area contributed by atoms with Crippen molar-refractivity contribution in [1.29, 1.82) is 0 Å². The zero-order chi connectivity index (χ0) is 19.4. The Bertz CT molecular complexity index is 304. The number of nitrogens with one attached hydrogen (secondary N) is 1. The molecule has 1 heterocycles. The van der Waals surface area contributed by atoms with Gasteiger partial charge in [0.15, 0.2) is 0 Å². The molecule has 2 N–H and O–H groups in total. The molecule has 0 aromatic heterocycles. The third kappa shape index (κ3) is 15.4. The lowest BCUT2D eigenvalue weighted by Gasteiger charge is -2.15. The van der Waals surface area contributed by atoms with E-state index < -0.39 is 0 Å². The summed E-state index contributed by atoms with van der Waals surface area (Å²) in [6.07, 6.45) is 16.4. The average molecular weight is 388 g/mol. The van der Waals surface area contributed by atoms with Gasteiger partial charge in [-0.15, -0.1) is 0 Å². The monoisotopic (exact) mass is 387 g/mol. The molecule has 1 aliphatic rings. The molecule has 2 unspecified atom stereocenters. The van der Waals surface area contributed by atoms with Crippen LogP contribution in [0.1, 0.15) is 84.0 Å². The predicted molar refractivity (Wildman–Crippen MR) is 111 cm³/mol. The van der Waals surface area contributed by atoms with E-state index >= 15 is 0 Å². The number of hydrogen-bond donors (Lipinski definition) is 2. The molecule has 1 fully saturated rings. The molecule has 0 spiro atoms. The molecule has 5 nitrogen and oxygen atoms in total. The zero-order valence-electron chi connectivity index (χ0n) is 17.8. The van der Waals surface area contributed by atoms with Gasteiger partial charge in [-0.05, 0) is 19.3 Å². The van der Waals surface area contributed by atoms with E-state index in [4.69, 9.17) is 19.3 Å². The second-order valence-corrected chi connectivity index (χ2v) is 7.75. The first-order valence-electron chi connectivity index (χ1n) is 11.5. The zero-order valence-corrected chi connectivity index (χ0v) is 17.8. The summed E-state index contributed by atoms with van der Waals surface area (Å²) in [4.78, 5) is 0. The fourth-order valence-corrected chi connectivity index (χ4v) is 3.53. The summed E-state index contributed by atoms with van der Waals surface area (Å²) in [5, 5.41) is 12.0. The van der Waals surface area contributed by atoms with E-state index in [1.165, 1.54) is 64.2 Å². The molecule has 0 amide bonds. The minimum atomic E-state index is 0.0898. The molecule has 0 bridgehead atoms. The number of unbranched alkanes of at least 4 members (excludes halogenated alkanes) is 9. The molecular formula is C22H45NO4. The smallest absolute Gasteiger partial charge is 0.0813 e. The molecule has 5 heteroatoms. The molecule has 2 atom stereocenters. The Hall–Kier alpha value is -0.200. The third-order valence-electron chi connectivity index (χ3n) is 5.17. The Labute approximate surface area is 167 Å². The Kier molecular flexibility index (Phi) is 17.6. The Morgan fingerprint density at radius 3 is 2.19 bits per heavy atom. The SMILES string of the molecule is CCCCCCCCCCCCOCC1CCC(CNCCOCCO)O1. The molecule has 0 aromatic rings. The van der Waals surface area contributed by atoms with Crippen LogP contribution < -0.4 is 5.32 Å². The summed E-state index contributed by atoms with van der Waals surface area (Å²) in [6, 6.07) is 0. The topological polar surface area (TPSA) is 60.0 Å². The molecule has 0 aromatic carbocycles. The van der Waals surface area contributed by atoms with Crippen molar-refractivity contribution in [2.75, 3.05) is 46.1 Å². The van der Waals surface area contributed by atoms with Gasteiger partial charge in [0.25, 0.3) is 0 Å². The van der Waals surface area contributed by atoms with Gasteiger partial charge < -0.3 is 24.6 Å². The first-order valence-corrected chi connectivity index (χ1v) is 11.5. The van der Waals surface area contributed by atoms with E-state index in [2.05, 4.69) is 12.2 Å². The summed E-state index contributed by atoms with van der Waals surface area (Å²) >= 11 is 0. The lowest BCUT2D eigenvalue weighted by Crippen LogP contribution is -2.30. The fourth-order valence-electron chi connectivity index (χ4n) is 3.53. The van der Waals surface area contributed by atoms with Crippen molar-refractivity contribution in [1.82, 2.24) is 5.32 Å². The maximum absolute atomic E-state index is 8.63. The Morgan fingerprint density at radius 1 is 0.815 bits per heavy atom. The van der Waals surface area contributed by atoms with Crippen LogP contribution in [0.25, 0.3) is 0 Å². The number of ether oxygens (including phenoxy) is 3. The summed E-state index contributed by atoms with van der Waals surface area (Å²) in [6.45, 7) is 6.72. The quantitative estimate of drug-likeness (QED) is 0.308. The number of hydrogen-bond acceptors (Lipinski definition) is 5. The summed E-state index contributed by atoms with van der Waals surface area (Å²) in [7, 11) is 0. The highest BCUT2D eigenvalue weighted by molar-refractivity contribution is 4.75. The van der Waals surface area contributed by atoms with Crippen molar-refractivity contribution in [2.24, 2.45) is 0 Å². The molecular weight excluding hydrogens is 342 g/mol. The Morgan fingerprint density at radius 2 is 1.48 bits per heavy atom. The van der Waals surface area contributed by atoms with Crippen LogP contribution in [0.15, 0.2) is 0 Å². The van der Waals surface area contributed by atoms with Gasteiger partial charge in [-0.3, -0.25) is 0 Å². The standard InChI is InChI=1S/C22H45NO4/c1-2-3-4-5-6-7-8-9-10-11-16-26-20-22-13-12-21(27-22)19-23-14-17-25-18-15-24/h21-24H,2-20H2,1H3. The molecule has 1 saturated heterocycles. The van der Waals surface area contributed by atoms with Crippen LogP contribution in [0, 0.1) is 0 Å². The van der Waals surface area contributed by atoms with E-state index in [9.17, 15) is 0 Å². The maximum atomic E-state index is 8.63. The average Bonchev–Trinajstić information content (AvgIpc) is 3.13. The van der Waals surface area contributed by atoms with Gasteiger partial charge in [-0.25, -0.2) is 0 Å². The minimum Gasteiger partial charge on any atom is -0.394 e. The van der Waals surface area contributed by atoms with Crippen LogP contribution in [0.3, 0.4) is 0 Å².